The van der Waals surface area contributed by atoms with Crippen LogP contribution < -0.4 is 0 Å². The molecular formula is C16H29O3P. The van der Waals surface area contributed by atoms with Gasteiger partial charge in [0.25, 0.3) is 0 Å². The summed E-state index contributed by atoms with van der Waals surface area (Å²) >= 11 is 0. The summed E-state index contributed by atoms with van der Waals surface area (Å²) in [6.07, 6.45) is 10.5. The van der Waals surface area contributed by atoms with Gasteiger partial charge in [0.05, 0.1) is 0 Å². The van der Waals surface area contributed by atoms with Crippen molar-refractivity contribution in [1.29, 1.82) is 0 Å². The molecule has 0 aromatic heterocycles. The molecule has 0 aliphatic heterocycles. The Bertz CT molecular complexity index is 335. The fourth-order valence-corrected chi connectivity index (χ4v) is 3.12. The SMILES string of the molecule is O[PH](O)(O)CCCCCCCCCCc1ccccc1. The van der Waals surface area contributed by atoms with Crippen molar-refractivity contribution >= 4 is 7.94 Å². The van der Waals surface area contributed by atoms with E-state index in [4.69, 9.17) is 14.7 Å². The van der Waals surface area contributed by atoms with Crippen molar-refractivity contribution in [2.75, 3.05) is 6.16 Å². The molecule has 4 heteroatoms. The van der Waals surface area contributed by atoms with Crippen LogP contribution in [0.4, 0.5) is 0 Å². The van der Waals surface area contributed by atoms with Crippen molar-refractivity contribution in [3.63, 3.8) is 0 Å². The van der Waals surface area contributed by atoms with Crippen molar-refractivity contribution in [3.05, 3.63) is 35.9 Å². The smallest absolute Gasteiger partial charge is 0.0622 e. The Hall–Kier alpha value is -0.470. The maximum atomic E-state index is 8.86. The molecule has 0 aliphatic carbocycles. The second kappa shape index (κ2) is 10.3. The Morgan fingerprint density at radius 2 is 1.15 bits per heavy atom. The van der Waals surface area contributed by atoms with E-state index < -0.39 is 7.94 Å². The van der Waals surface area contributed by atoms with E-state index in [-0.39, 0.29) is 6.16 Å². The predicted molar refractivity (Wildman–Crippen MR) is 86.9 cm³/mol. The molecule has 116 valence electrons. The van der Waals surface area contributed by atoms with Gasteiger partial charge in [-0.3, -0.25) is 0 Å². The van der Waals surface area contributed by atoms with Crippen molar-refractivity contribution in [2.45, 2.75) is 57.8 Å². The molecule has 3 N–H and O–H groups in total. The molecule has 0 aliphatic rings. The molecule has 0 atom stereocenters. The summed E-state index contributed by atoms with van der Waals surface area (Å²) in [5.41, 5.74) is 1.43. The van der Waals surface area contributed by atoms with Crippen LogP contribution >= 0.6 is 7.94 Å². The third-order valence-corrected chi connectivity index (χ3v) is 4.59. The molecule has 0 unspecified atom stereocenters. The number of unbranched alkanes of at least 4 members (excludes halogenated alkanes) is 7. The van der Waals surface area contributed by atoms with Gasteiger partial charge in [-0.05, 0) is 0 Å². The average molecular weight is 300 g/mol. The second-order valence-corrected chi connectivity index (χ2v) is 7.64. The molecule has 0 saturated carbocycles. The molecule has 0 fully saturated rings. The van der Waals surface area contributed by atoms with E-state index in [0.29, 0.717) is 0 Å². The Morgan fingerprint density at radius 3 is 1.70 bits per heavy atom. The molecular weight excluding hydrogens is 271 g/mol. The standard InChI is InChI=1S/C16H29O3P/c17-20(18,19)15-11-6-4-2-1-3-5-8-12-16-13-9-7-10-14-16/h7,9-10,13-14,17-20H,1-6,8,11-12,15H2. The maximum absolute atomic E-state index is 8.86. The van der Waals surface area contributed by atoms with Crippen LogP contribution in [-0.2, 0) is 6.42 Å². The minimum atomic E-state index is -3.78. The molecule has 0 heterocycles. The molecule has 20 heavy (non-hydrogen) atoms. The van der Waals surface area contributed by atoms with Crippen LogP contribution in [0, 0.1) is 0 Å². The van der Waals surface area contributed by atoms with E-state index in [0.717, 1.165) is 19.3 Å². The number of aryl methyl sites for hydroxylation is 1. The van der Waals surface area contributed by atoms with Gasteiger partial charge in [-0.15, -0.1) is 0 Å². The zero-order chi connectivity index (χ0) is 14.7. The summed E-state index contributed by atoms with van der Waals surface area (Å²) in [5, 5.41) is 0. The van der Waals surface area contributed by atoms with Crippen molar-refractivity contribution < 1.29 is 14.7 Å². The van der Waals surface area contributed by atoms with Crippen LogP contribution in [0.5, 0.6) is 0 Å². The van der Waals surface area contributed by atoms with Crippen molar-refractivity contribution in [3.8, 4) is 0 Å². The van der Waals surface area contributed by atoms with Crippen LogP contribution in [0.15, 0.2) is 30.3 Å². The molecule has 1 rings (SSSR count). The summed E-state index contributed by atoms with van der Waals surface area (Å²) in [6, 6.07) is 10.6. The summed E-state index contributed by atoms with van der Waals surface area (Å²) < 4.78 is 0. The van der Waals surface area contributed by atoms with Gasteiger partial charge in [-0.25, -0.2) is 0 Å². The van der Waals surface area contributed by atoms with Crippen LogP contribution in [0.1, 0.15) is 56.9 Å². The summed E-state index contributed by atoms with van der Waals surface area (Å²) in [7, 11) is -3.78. The number of rotatable bonds is 11. The molecule has 0 amide bonds. The van der Waals surface area contributed by atoms with Crippen LogP contribution in [-0.4, -0.2) is 20.8 Å². The molecule has 0 radical (unpaired) electrons. The van der Waals surface area contributed by atoms with Gasteiger partial charge in [0.2, 0.25) is 0 Å². The van der Waals surface area contributed by atoms with E-state index in [1.165, 1.54) is 44.1 Å². The number of hydrogen-bond donors (Lipinski definition) is 3. The molecule has 0 spiro atoms. The van der Waals surface area contributed by atoms with Crippen LogP contribution in [0.2, 0.25) is 0 Å². The summed E-state index contributed by atoms with van der Waals surface area (Å²) in [5.74, 6) is 0. The van der Waals surface area contributed by atoms with Gasteiger partial charge in [-0.1, -0.05) is 18.2 Å². The summed E-state index contributed by atoms with van der Waals surface area (Å²) in [6.45, 7) is 0. The minimum Gasteiger partial charge on any atom is -0.0622 e. The fraction of sp³-hybridized carbons (Fsp3) is 0.625. The van der Waals surface area contributed by atoms with E-state index in [2.05, 4.69) is 30.3 Å². The van der Waals surface area contributed by atoms with E-state index in [1.807, 2.05) is 0 Å². The zero-order valence-corrected chi connectivity index (χ0v) is 13.3. The van der Waals surface area contributed by atoms with Crippen molar-refractivity contribution in [2.24, 2.45) is 0 Å². The van der Waals surface area contributed by atoms with Gasteiger partial charge in [0, 0.05) is 0 Å². The third-order valence-electron chi connectivity index (χ3n) is 3.57. The predicted octanol–water partition coefficient (Wildman–Crippen LogP) is 3.82. The van der Waals surface area contributed by atoms with Crippen LogP contribution in [0.25, 0.3) is 0 Å². The second-order valence-electron chi connectivity index (χ2n) is 5.59. The van der Waals surface area contributed by atoms with Gasteiger partial charge in [0.15, 0.2) is 0 Å². The molecule has 3 nitrogen and oxygen atoms in total. The first-order valence-corrected chi connectivity index (χ1v) is 9.84. The molecule has 1 aromatic carbocycles. The first-order valence-electron chi connectivity index (χ1n) is 7.79. The third kappa shape index (κ3) is 10.3. The van der Waals surface area contributed by atoms with Gasteiger partial charge >= 0.3 is 104 Å². The first kappa shape index (κ1) is 17.6. The zero-order valence-electron chi connectivity index (χ0n) is 12.3. The Labute approximate surface area is 123 Å². The topological polar surface area (TPSA) is 60.7 Å². The van der Waals surface area contributed by atoms with Crippen molar-refractivity contribution in [1.82, 2.24) is 0 Å². The monoisotopic (exact) mass is 300 g/mol. The van der Waals surface area contributed by atoms with E-state index in [1.54, 1.807) is 0 Å². The summed E-state index contributed by atoms with van der Waals surface area (Å²) in [4.78, 5) is 26.6. The quantitative estimate of drug-likeness (QED) is 0.430. The number of hydrogen-bond acceptors (Lipinski definition) is 3. The van der Waals surface area contributed by atoms with Gasteiger partial charge in [0.1, 0.15) is 0 Å². The van der Waals surface area contributed by atoms with E-state index in [9.17, 15) is 0 Å². The molecule has 0 bridgehead atoms. The molecule has 1 aromatic rings. The van der Waals surface area contributed by atoms with Gasteiger partial charge in [-0.2, -0.15) is 0 Å². The average Bonchev–Trinajstić information content (AvgIpc) is 2.41. The Morgan fingerprint density at radius 1 is 0.650 bits per heavy atom. The number of benzene rings is 1. The molecule has 0 saturated heterocycles. The first-order chi connectivity index (χ1) is 9.58. The Kier molecular flexibility index (Phi) is 9.04. The Balaban J connectivity index is 1.83. The minimum absolute atomic E-state index is 0.185. The van der Waals surface area contributed by atoms with Crippen LogP contribution in [0.3, 0.4) is 0 Å². The van der Waals surface area contributed by atoms with E-state index >= 15 is 0 Å². The fourth-order valence-electron chi connectivity index (χ4n) is 2.40. The van der Waals surface area contributed by atoms with Gasteiger partial charge < -0.3 is 0 Å². The normalized spacial score (nSPS) is 12.6.